The van der Waals surface area contributed by atoms with Crippen molar-refractivity contribution in [2.24, 2.45) is 0 Å². The van der Waals surface area contributed by atoms with Crippen LogP contribution >= 0.6 is 38.5 Å². The average Bonchev–Trinajstić information content (AvgIpc) is 2.42. The van der Waals surface area contributed by atoms with Gasteiger partial charge < -0.3 is 10.5 Å². The fourth-order valence-corrected chi connectivity index (χ4v) is 2.72. The molecule has 2 N–H and O–H groups in total. The van der Waals surface area contributed by atoms with Crippen molar-refractivity contribution in [3.05, 3.63) is 31.9 Å². The first kappa shape index (κ1) is 14.5. The molecule has 0 saturated heterocycles. The third-order valence-electron chi connectivity index (χ3n) is 2.69. The number of aryl methyl sites for hydroxylation is 1. The van der Waals surface area contributed by atoms with Gasteiger partial charge in [0.2, 0.25) is 0 Å². The molecule has 1 heterocycles. The zero-order chi connectivity index (χ0) is 14.0. The van der Waals surface area contributed by atoms with E-state index in [1.165, 1.54) is 0 Å². The van der Waals surface area contributed by atoms with Crippen LogP contribution in [0, 0.1) is 3.57 Å². The zero-order valence-corrected chi connectivity index (χ0v) is 14.3. The summed E-state index contributed by atoms with van der Waals surface area (Å²) in [7, 11) is 1.63. The number of benzene rings is 1. The Kier molecular flexibility index (Phi) is 4.62. The lowest BCUT2D eigenvalue weighted by molar-refractivity contribution is 0.415. The second-order valence-electron chi connectivity index (χ2n) is 3.89. The van der Waals surface area contributed by atoms with E-state index in [0.717, 1.165) is 31.5 Å². The van der Waals surface area contributed by atoms with Crippen LogP contribution < -0.4 is 10.5 Å². The van der Waals surface area contributed by atoms with Crippen LogP contribution in [-0.2, 0) is 6.42 Å². The number of nitrogens with zero attached hydrogens (tertiary/aromatic N) is 2. The molecule has 2 aromatic rings. The van der Waals surface area contributed by atoms with E-state index in [2.05, 4.69) is 48.5 Å². The van der Waals surface area contributed by atoms with Gasteiger partial charge in [-0.15, -0.1) is 0 Å². The summed E-state index contributed by atoms with van der Waals surface area (Å²) in [6.07, 6.45) is 0.819. The number of halogens is 2. The van der Waals surface area contributed by atoms with Crippen molar-refractivity contribution in [2.45, 2.75) is 13.3 Å². The van der Waals surface area contributed by atoms with Gasteiger partial charge >= 0.3 is 0 Å². The van der Waals surface area contributed by atoms with Gasteiger partial charge in [0.25, 0.3) is 0 Å². The molecule has 6 heteroatoms. The molecule has 0 aliphatic rings. The maximum absolute atomic E-state index is 5.95. The Morgan fingerprint density at radius 1 is 1.37 bits per heavy atom. The lowest BCUT2D eigenvalue weighted by Gasteiger charge is -2.10. The molecule has 19 heavy (non-hydrogen) atoms. The van der Waals surface area contributed by atoms with Crippen molar-refractivity contribution in [3.8, 4) is 17.1 Å². The maximum Gasteiger partial charge on any atom is 0.163 e. The molecule has 0 unspecified atom stereocenters. The number of nitrogens with two attached hydrogens (primary N) is 1. The molecule has 0 atom stereocenters. The van der Waals surface area contributed by atoms with Crippen LogP contribution in [-0.4, -0.2) is 17.1 Å². The molecule has 0 spiro atoms. The van der Waals surface area contributed by atoms with Crippen LogP contribution in [0.1, 0.15) is 12.6 Å². The fraction of sp³-hybridized carbons (Fsp3) is 0.231. The molecule has 0 aliphatic carbocycles. The fourth-order valence-electron chi connectivity index (χ4n) is 1.67. The highest BCUT2D eigenvalue weighted by molar-refractivity contribution is 14.1. The number of aromatic nitrogens is 2. The van der Waals surface area contributed by atoms with Gasteiger partial charge in [-0.2, -0.15) is 0 Å². The Balaban J connectivity index is 2.61. The summed E-state index contributed by atoms with van der Waals surface area (Å²) in [4.78, 5) is 8.94. The molecular weight excluding hydrogens is 421 g/mol. The molecule has 2 rings (SSSR count). The summed E-state index contributed by atoms with van der Waals surface area (Å²) >= 11 is 5.68. The van der Waals surface area contributed by atoms with Crippen LogP contribution in [0.2, 0.25) is 0 Å². The number of methoxy groups -OCH3 is 1. The van der Waals surface area contributed by atoms with Crippen LogP contribution in [0.5, 0.6) is 5.75 Å². The van der Waals surface area contributed by atoms with Gasteiger partial charge in [-0.3, -0.25) is 0 Å². The van der Waals surface area contributed by atoms with Crippen molar-refractivity contribution >= 4 is 44.3 Å². The SMILES string of the molecule is CCc1nc(-c2cc(OC)ccc2Br)nc(N)c1I. The molecule has 0 radical (unpaired) electrons. The maximum atomic E-state index is 5.95. The first-order valence-electron chi connectivity index (χ1n) is 5.72. The van der Waals surface area contributed by atoms with Gasteiger partial charge in [0.15, 0.2) is 5.82 Å². The standard InChI is InChI=1S/C13H13BrIN3O/c1-3-10-11(15)12(16)18-13(17-10)8-6-7(19-2)4-5-9(8)14/h4-6H,3H2,1-2H3,(H2,16,17,18). The summed E-state index contributed by atoms with van der Waals surface area (Å²) in [5.41, 5.74) is 7.78. The molecule has 0 bridgehead atoms. The minimum atomic E-state index is 0.511. The van der Waals surface area contributed by atoms with Gasteiger partial charge in [-0.05, 0) is 47.2 Å². The molecular formula is C13H13BrIN3O. The second kappa shape index (κ2) is 6.04. The van der Waals surface area contributed by atoms with Gasteiger partial charge in [0.1, 0.15) is 11.6 Å². The van der Waals surface area contributed by atoms with Gasteiger partial charge in [0, 0.05) is 10.0 Å². The number of hydrogen-bond acceptors (Lipinski definition) is 4. The van der Waals surface area contributed by atoms with E-state index in [1.807, 2.05) is 25.1 Å². The molecule has 0 amide bonds. The van der Waals surface area contributed by atoms with E-state index in [0.29, 0.717) is 11.6 Å². The highest BCUT2D eigenvalue weighted by Gasteiger charge is 2.13. The van der Waals surface area contributed by atoms with E-state index in [1.54, 1.807) is 7.11 Å². The van der Waals surface area contributed by atoms with Crippen LogP contribution in [0.3, 0.4) is 0 Å². The van der Waals surface area contributed by atoms with Crippen molar-refractivity contribution in [2.75, 3.05) is 12.8 Å². The number of rotatable bonds is 3. The minimum Gasteiger partial charge on any atom is -0.497 e. The summed E-state index contributed by atoms with van der Waals surface area (Å²) in [5.74, 6) is 1.88. The predicted octanol–water partition coefficient (Wildman–Crippen LogP) is 3.66. The van der Waals surface area contributed by atoms with Gasteiger partial charge in [-0.25, -0.2) is 9.97 Å². The van der Waals surface area contributed by atoms with E-state index in [-0.39, 0.29) is 0 Å². The van der Waals surface area contributed by atoms with Gasteiger partial charge in [0.05, 0.1) is 16.4 Å². The molecule has 1 aromatic carbocycles. The number of hydrogen-bond donors (Lipinski definition) is 1. The third-order valence-corrected chi connectivity index (χ3v) is 4.56. The van der Waals surface area contributed by atoms with Crippen LogP contribution in [0.4, 0.5) is 5.82 Å². The normalized spacial score (nSPS) is 10.5. The van der Waals surface area contributed by atoms with Crippen molar-refractivity contribution in [3.63, 3.8) is 0 Å². The third kappa shape index (κ3) is 3.00. The minimum absolute atomic E-state index is 0.511. The smallest absolute Gasteiger partial charge is 0.163 e. The lowest BCUT2D eigenvalue weighted by Crippen LogP contribution is -2.04. The Labute approximate surface area is 134 Å². The van der Waals surface area contributed by atoms with Crippen LogP contribution in [0.15, 0.2) is 22.7 Å². The van der Waals surface area contributed by atoms with E-state index >= 15 is 0 Å². The summed E-state index contributed by atoms with van der Waals surface area (Å²) in [6, 6.07) is 5.69. The van der Waals surface area contributed by atoms with E-state index in [9.17, 15) is 0 Å². The first-order chi connectivity index (χ1) is 9.06. The Morgan fingerprint density at radius 2 is 2.11 bits per heavy atom. The number of ether oxygens (including phenoxy) is 1. The average molecular weight is 434 g/mol. The molecule has 0 aliphatic heterocycles. The second-order valence-corrected chi connectivity index (χ2v) is 5.83. The monoisotopic (exact) mass is 433 g/mol. The molecule has 4 nitrogen and oxygen atoms in total. The van der Waals surface area contributed by atoms with E-state index in [4.69, 9.17) is 10.5 Å². The largest absolute Gasteiger partial charge is 0.497 e. The van der Waals surface area contributed by atoms with E-state index < -0.39 is 0 Å². The Bertz CT molecular complexity index is 619. The van der Waals surface area contributed by atoms with Crippen molar-refractivity contribution in [1.29, 1.82) is 0 Å². The Morgan fingerprint density at radius 3 is 2.74 bits per heavy atom. The Hall–Kier alpha value is -0.890. The summed E-state index contributed by atoms with van der Waals surface area (Å²) in [6.45, 7) is 2.05. The quantitative estimate of drug-likeness (QED) is 0.750. The van der Waals surface area contributed by atoms with Gasteiger partial charge in [-0.1, -0.05) is 22.9 Å². The predicted molar refractivity (Wildman–Crippen MR) is 88.2 cm³/mol. The zero-order valence-electron chi connectivity index (χ0n) is 10.6. The summed E-state index contributed by atoms with van der Waals surface area (Å²) in [5, 5.41) is 0. The summed E-state index contributed by atoms with van der Waals surface area (Å²) < 4.78 is 7.06. The molecule has 100 valence electrons. The molecule has 0 saturated carbocycles. The van der Waals surface area contributed by atoms with Crippen molar-refractivity contribution < 1.29 is 4.74 Å². The highest BCUT2D eigenvalue weighted by Crippen LogP contribution is 2.31. The molecule has 1 aromatic heterocycles. The molecule has 0 fully saturated rings. The highest BCUT2D eigenvalue weighted by atomic mass is 127. The number of anilines is 1. The lowest BCUT2D eigenvalue weighted by atomic mass is 10.2. The topological polar surface area (TPSA) is 61.0 Å². The number of nitrogen functional groups attached to an aromatic ring is 1. The van der Waals surface area contributed by atoms with Crippen LogP contribution in [0.25, 0.3) is 11.4 Å². The first-order valence-corrected chi connectivity index (χ1v) is 7.59. The van der Waals surface area contributed by atoms with Crippen molar-refractivity contribution in [1.82, 2.24) is 9.97 Å².